The summed E-state index contributed by atoms with van der Waals surface area (Å²) in [6.45, 7) is 0.318. The lowest BCUT2D eigenvalue weighted by Crippen LogP contribution is -2.28. The Labute approximate surface area is 49.0 Å². The second kappa shape index (κ2) is 3.01. The maximum Gasteiger partial charge on any atom is 0.148 e. The summed E-state index contributed by atoms with van der Waals surface area (Å²) in [6, 6.07) is 0. The topological polar surface area (TPSA) is 72.2 Å². The van der Waals surface area contributed by atoms with Gasteiger partial charge in [0.25, 0.3) is 0 Å². The quantitative estimate of drug-likeness (QED) is 0.367. The van der Waals surface area contributed by atoms with Gasteiger partial charge in [-0.05, 0) is 0 Å². The first kappa shape index (κ1) is 7.87. The predicted octanol–water partition coefficient (Wildman–Crippen LogP) is -1.51. The average Bonchev–Trinajstić information content (AvgIpc) is 1.59. The molecule has 5 heteroatoms. The highest BCUT2D eigenvalue weighted by Crippen LogP contribution is 1.76. The number of hydrogen-bond donors (Lipinski definition) is 2. The maximum absolute atomic E-state index is 10.3. The highest BCUT2D eigenvalue weighted by Gasteiger charge is 1.97. The fourth-order valence-electron chi connectivity index (χ4n) is 0.244. The minimum atomic E-state index is -2.83. The Balaban J connectivity index is 3.42. The molecule has 0 bridgehead atoms. The van der Waals surface area contributed by atoms with Crippen LogP contribution in [0.1, 0.15) is 0 Å². The molecule has 0 aliphatic heterocycles. The third kappa shape index (κ3) is 5.87. The van der Waals surface area contributed by atoms with Crippen LogP contribution in [0.5, 0.6) is 0 Å². The summed E-state index contributed by atoms with van der Waals surface area (Å²) in [5.41, 5.74) is 2.25. The SMILES string of the molecule is CS(=O)(=O)CCNN. The van der Waals surface area contributed by atoms with Crippen LogP contribution >= 0.6 is 0 Å². The smallest absolute Gasteiger partial charge is 0.148 e. The van der Waals surface area contributed by atoms with Crippen molar-refractivity contribution in [1.29, 1.82) is 0 Å². The van der Waals surface area contributed by atoms with Gasteiger partial charge in [-0.15, -0.1) is 0 Å². The van der Waals surface area contributed by atoms with Gasteiger partial charge in [0.2, 0.25) is 0 Å². The Hall–Kier alpha value is -0.130. The molecule has 0 aliphatic carbocycles. The number of hydrazine groups is 1. The number of sulfone groups is 1. The molecule has 0 radical (unpaired) electrons. The summed E-state index contributed by atoms with van der Waals surface area (Å²) in [5, 5.41) is 0. The zero-order chi connectivity index (χ0) is 6.62. The van der Waals surface area contributed by atoms with E-state index in [9.17, 15) is 8.42 Å². The highest BCUT2D eigenvalue weighted by atomic mass is 32.2. The van der Waals surface area contributed by atoms with Gasteiger partial charge in [-0.1, -0.05) is 0 Å². The van der Waals surface area contributed by atoms with E-state index in [4.69, 9.17) is 5.84 Å². The molecule has 0 saturated carbocycles. The van der Waals surface area contributed by atoms with Crippen LogP contribution in [-0.2, 0) is 9.84 Å². The van der Waals surface area contributed by atoms with Crippen LogP contribution in [0.2, 0.25) is 0 Å². The van der Waals surface area contributed by atoms with Gasteiger partial charge in [0.15, 0.2) is 0 Å². The van der Waals surface area contributed by atoms with Gasteiger partial charge in [-0.25, -0.2) is 8.42 Å². The van der Waals surface area contributed by atoms with Crippen molar-refractivity contribution in [2.75, 3.05) is 18.6 Å². The molecule has 8 heavy (non-hydrogen) atoms. The Kier molecular flexibility index (Phi) is 2.96. The summed E-state index contributed by atoms with van der Waals surface area (Å²) in [5.74, 6) is 4.92. The average molecular weight is 138 g/mol. The Bertz CT molecular complexity index is 139. The van der Waals surface area contributed by atoms with E-state index in [1.54, 1.807) is 0 Å². The van der Waals surface area contributed by atoms with Gasteiger partial charge in [-0.2, -0.15) is 0 Å². The lowest BCUT2D eigenvalue weighted by molar-refractivity contribution is 0.598. The van der Waals surface area contributed by atoms with Crippen LogP contribution in [0.25, 0.3) is 0 Å². The molecule has 0 spiro atoms. The number of hydrogen-bond acceptors (Lipinski definition) is 4. The van der Waals surface area contributed by atoms with Crippen molar-refractivity contribution in [3.8, 4) is 0 Å². The number of nitrogens with one attached hydrogen (secondary N) is 1. The molecule has 0 aromatic heterocycles. The molecule has 0 saturated heterocycles. The van der Waals surface area contributed by atoms with Crippen molar-refractivity contribution >= 4 is 9.84 Å². The van der Waals surface area contributed by atoms with Gasteiger partial charge in [-0.3, -0.25) is 11.3 Å². The van der Waals surface area contributed by atoms with E-state index in [0.717, 1.165) is 0 Å². The molecule has 0 amide bonds. The van der Waals surface area contributed by atoms with Crippen molar-refractivity contribution in [2.24, 2.45) is 5.84 Å². The molecule has 0 unspecified atom stereocenters. The highest BCUT2D eigenvalue weighted by molar-refractivity contribution is 7.90. The van der Waals surface area contributed by atoms with E-state index in [-0.39, 0.29) is 5.75 Å². The van der Waals surface area contributed by atoms with Crippen molar-refractivity contribution in [3.63, 3.8) is 0 Å². The third-order valence-corrected chi connectivity index (χ3v) is 1.56. The molecule has 3 N–H and O–H groups in total. The Morgan fingerprint density at radius 3 is 2.25 bits per heavy atom. The van der Waals surface area contributed by atoms with Crippen LogP contribution in [0.4, 0.5) is 0 Å². The lowest BCUT2D eigenvalue weighted by atomic mass is 10.8. The first-order valence-corrected chi connectivity index (χ1v) is 4.23. The largest absolute Gasteiger partial charge is 0.271 e. The second-order valence-electron chi connectivity index (χ2n) is 1.58. The fourth-order valence-corrected chi connectivity index (χ4v) is 0.733. The first-order chi connectivity index (χ1) is 3.56. The third-order valence-electron chi connectivity index (χ3n) is 0.617. The lowest BCUT2D eigenvalue weighted by Gasteiger charge is -1.93. The minimum absolute atomic E-state index is 0.101. The molecular formula is C3H10N2O2S. The zero-order valence-corrected chi connectivity index (χ0v) is 5.53. The van der Waals surface area contributed by atoms with E-state index < -0.39 is 9.84 Å². The van der Waals surface area contributed by atoms with Gasteiger partial charge in [0, 0.05) is 12.8 Å². The normalized spacial score (nSPS) is 11.8. The monoisotopic (exact) mass is 138 g/mol. The van der Waals surface area contributed by atoms with E-state index in [2.05, 4.69) is 5.43 Å². The van der Waals surface area contributed by atoms with Crippen molar-refractivity contribution in [3.05, 3.63) is 0 Å². The molecular weight excluding hydrogens is 128 g/mol. The van der Waals surface area contributed by atoms with Gasteiger partial charge in [0.1, 0.15) is 9.84 Å². The van der Waals surface area contributed by atoms with Crippen molar-refractivity contribution in [2.45, 2.75) is 0 Å². The standard InChI is InChI=1S/C3H10N2O2S/c1-8(6,7)3-2-5-4/h5H,2-4H2,1H3. The molecule has 0 fully saturated rings. The molecule has 0 aliphatic rings. The number of nitrogens with two attached hydrogens (primary N) is 1. The van der Waals surface area contributed by atoms with Crippen LogP contribution in [0.15, 0.2) is 0 Å². The maximum atomic E-state index is 10.3. The molecule has 4 nitrogen and oxygen atoms in total. The predicted molar refractivity (Wildman–Crippen MR) is 31.9 cm³/mol. The van der Waals surface area contributed by atoms with Crippen LogP contribution in [-0.4, -0.2) is 27.0 Å². The summed E-state index contributed by atoms with van der Waals surface area (Å²) in [7, 11) is -2.83. The molecule has 0 aromatic rings. The van der Waals surface area contributed by atoms with Gasteiger partial charge < -0.3 is 0 Å². The summed E-state index contributed by atoms with van der Waals surface area (Å²) < 4.78 is 20.6. The van der Waals surface area contributed by atoms with Crippen molar-refractivity contribution in [1.82, 2.24) is 5.43 Å². The minimum Gasteiger partial charge on any atom is -0.271 e. The van der Waals surface area contributed by atoms with E-state index in [1.165, 1.54) is 6.26 Å². The second-order valence-corrected chi connectivity index (χ2v) is 3.84. The van der Waals surface area contributed by atoms with Crippen molar-refractivity contribution < 1.29 is 8.42 Å². The first-order valence-electron chi connectivity index (χ1n) is 2.17. The van der Waals surface area contributed by atoms with E-state index in [0.29, 0.717) is 6.54 Å². The molecule has 0 atom stereocenters. The summed E-state index contributed by atoms with van der Waals surface area (Å²) >= 11 is 0. The fraction of sp³-hybridized carbons (Fsp3) is 1.00. The van der Waals surface area contributed by atoms with Crippen LogP contribution < -0.4 is 11.3 Å². The van der Waals surface area contributed by atoms with Gasteiger partial charge in [0.05, 0.1) is 5.75 Å². The van der Waals surface area contributed by atoms with E-state index in [1.807, 2.05) is 0 Å². The number of rotatable bonds is 3. The van der Waals surface area contributed by atoms with Crippen LogP contribution in [0.3, 0.4) is 0 Å². The molecule has 0 heterocycles. The molecule has 50 valence electrons. The summed E-state index contributed by atoms with van der Waals surface area (Å²) in [4.78, 5) is 0. The molecule has 0 aromatic carbocycles. The van der Waals surface area contributed by atoms with Crippen LogP contribution in [0, 0.1) is 0 Å². The Morgan fingerprint density at radius 2 is 2.12 bits per heavy atom. The van der Waals surface area contributed by atoms with Gasteiger partial charge >= 0.3 is 0 Å². The summed E-state index contributed by atoms with van der Waals surface area (Å²) in [6.07, 6.45) is 1.17. The molecule has 0 rings (SSSR count). The Morgan fingerprint density at radius 1 is 1.62 bits per heavy atom. The zero-order valence-electron chi connectivity index (χ0n) is 4.72. The van der Waals surface area contributed by atoms with E-state index >= 15 is 0 Å².